The second kappa shape index (κ2) is 11.6. The van der Waals surface area contributed by atoms with Gasteiger partial charge in [-0.2, -0.15) is 0 Å². The molecule has 216 valence electrons. The van der Waals surface area contributed by atoms with Crippen molar-refractivity contribution < 1.29 is 19.1 Å². The molecule has 4 rings (SSSR count). The Hall–Kier alpha value is -4.33. The molecule has 3 aromatic carbocycles. The number of ether oxygens (including phenoxy) is 2. The Morgan fingerprint density at radius 1 is 0.976 bits per heavy atom. The van der Waals surface area contributed by atoms with Crippen molar-refractivity contribution in [2.24, 2.45) is 0 Å². The van der Waals surface area contributed by atoms with Gasteiger partial charge in [0.15, 0.2) is 0 Å². The summed E-state index contributed by atoms with van der Waals surface area (Å²) in [6.07, 6.45) is -0.535. The summed E-state index contributed by atoms with van der Waals surface area (Å²) in [6.45, 7) is 15.8. The van der Waals surface area contributed by atoms with Crippen LogP contribution in [-0.4, -0.2) is 45.2 Å². The molecule has 0 aliphatic rings. The van der Waals surface area contributed by atoms with Crippen molar-refractivity contribution in [2.45, 2.75) is 73.6 Å². The number of fused-ring (bicyclic) bond motifs is 1. The molecular weight excluding hydrogens is 516 g/mol. The minimum atomic E-state index is -0.613. The highest BCUT2D eigenvalue weighted by molar-refractivity contribution is 5.97. The molecule has 8 heteroatoms. The summed E-state index contributed by atoms with van der Waals surface area (Å²) in [5, 5.41) is 2.80. The number of carbonyl (C=O) groups is 2. The van der Waals surface area contributed by atoms with Crippen LogP contribution in [0.15, 0.2) is 54.6 Å². The average Bonchev–Trinajstić information content (AvgIpc) is 3.22. The number of hydrogen-bond acceptors (Lipinski definition) is 5. The molecule has 1 heterocycles. The highest BCUT2D eigenvalue weighted by atomic mass is 16.6. The van der Waals surface area contributed by atoms with Gasteiger partial charge in [-0.3, -0.25) is 14.7 Å². The number of hydrogen-bond donors (Lipinski definition) is 1. The van der Waals surface area contributed by atoms with Crippen molar-refractivity contribution in [1.29, 1.82) is 0 Å². The van der Waals surface area contributed by atoms with Crippen LogP contribution in [0, 0.1) is 20.8 Å². The third kappa shape index (κ3) is 6.70. The van der Waals surface area contributed by atoms with Gasteiger partial charge in [0.2, 0.25) is 0 Å². The first kappa shape index (κ1) is 29.6. The normalized spacial score (nSPS) is 11.6. The minimum absolute atomic E-state index is 0.0318. The van der Waals surface area contributed by atoms with E-state index in [2.05, 4.69) is 5.32 Å². The van der Waals surface area contributed by atoms with Gasteiger partial charge in [-0.25, -0.2) is 9.78 Å². The smallest absolute Gasteiger partial charge is 0.412 e. The van der Waals surface area contributed by atoms with Crippen LogP contribution >= 0.6 is 0 Å². The average molecular weight is 557 g/mol. The fourth-order valence-electron chi connectivity index (χ4n) is 5.06. The Bertz CT molecular complexity index is 1560. The number of amides is 2. The van der Waals surface area contributed by atoms with Crippen LogP contribution < -0.4 is 10.1 Å². The van der Waals surface area contributed by atoms with Crippen molar-refractivity contribution in [3.05, 3.63) is 82.7 Å². The Labute approximate surface area is 242 Å². The number of aryl methyl sites for hydroxylation is 3. The van der Waals surface area contributed by atoms with Crippen LogP contribution in [0.5, 0.6) is 5.75 Å². The number of imidazole rings is 1. The first-order valence-electron chi connectivity index (χ1n) is 13.8. The van der Waals surface area contributed by atoms with E-state index in [0.29, 0.717) is 23.6 Å². The Morgan fingerprint density at radius 3 is 2.17 bits per heavy atom. The second-order valence-electron chi connectivity index (χ2n) is 11.7. The molecule has 0 aliphatic carbocycles. The van der Waals surface area contributed by atoms with Gasteiger partial charge in [-0.05, 0) is 109 Å². The second-order valence-corrected chi connectivity index (χ2v) is 11.7. The summed E-state index contributed by atoms with van der Waals surface area (Å²) in [6, 6.07) is 17.3. The molecule has 2 amide bonds. The van der Waals surface area contributed by atoms with E-state index in [0.717, 1.165) is 39.2 Å². The van der Waals surface area contributed by atoms with Gasteiger partial charge < -0.3 is 14.4 Å². The predicted molar refractivity (Wildman–Crippen MR) is 163 cm³/mol. The first-order valence-corrected chi connectivity index (χ1v) is 13.8. The van der Waals surface area contributed by atoms with E-state index in [1.807, 2.05) is 119 Å². The zero-order valence-electron chi connectivity index (χ0n) is 25.5. The SMILES string of the molecule is COc1ccc(-n2c(CN(C(=O)c3c(C)cc(C)cc3C)C(C)C)nc3cc(NC(=O)OC(C)(C)C)ccc32)cc1. The van der Waals surface area contributed by atoms with Gasteiger partial charge in [-0.1, -0.05) is 17.7 Å². The van der Waals surface area contributed by atoms with Crippen LogP contribution in [0.4, 0.5) is 10.5 Å². The molecule has 0 atom stereocenters. The van der Waals surface area contributed by atoms with E-state index in [-0.39, 0.29) is 11.9 Å². The van der Waals surface area contributed by atoms with Crippen LogP contribution in [0.2, 0.25) is 0 Å². The van der Waals surface area contributed by atoms with E-state index in [1.165, 1.54) is 0 Å². The van der Waals surface area contributed by atoms with Crippen molar-refractivity contribution in [2.75, 3.05) is 12.4 Å². The molecule has 0 radical (unpaired) electrons. The maximum absolute atomic E-state index is 14.0. The summed E-state index contributed by atoms with van der Waals surface area (Å²) in [4.78, 5) is 33.2. The summed E-state index contributed by atoms with van der Waals surface area (Å²) < 4.78 is 12.8. The number of rotatable bonds is 7. The Kier molecular flexibility index (Phi) is 8.42. The maximum atomic E-state index is 14.0. The molecule has 0 bridgehead atoms. The van der Waals surface area contributed by atoms with Crippen LogP contribution in [0.25, 0.3) is 16.7 Å². The maximum Gasteiger partial charge on any atom is 0.412 e. The zero-order chi connectivity index (χ0) is 30.1. The molecule has 8 nitrogen and oxygen atoms in total. The number of carbonyl (C=O) groups excluding carboxylic acids is 2. The predicted octanol–water partition coefficient (Wildman–Crippen LogP) is 7.36. The van der Waals surface area contributed by atoms with E-state index in [9.17, 15) is 9.59 Å². The van der Waals surface area contributed by atoms with Gasteiger partial charge in [0.1, 0.15) is 17.2 Å². The van der Waals surface area contributed by atoms with E-state index < -0.39 is 11.7 Å². The fraction of sp³-hybridized carbons (Fsp3) is 0.364. The Morgan fingerprint density at radius 2 is 1.61 bits per heavy atom. The van der Waals surface area contributed by atoms with Crippen molar-refractivity contribution in [1.82, 2.24) is 14.5 Å². The van der Waals surface area contributed by atoms with Gasteiger partial charge in [0, 0.05) is 23.0 Å². The van der Waals surface area contributed by atoms with Gasteiger partial charge in [-0.15, -0.1) is 0 Å². The first-order chi connectivity index (χ1) is 19.3. The van der Waals surface area contributed by atoms with E-state index in [4.69, 9.17) is 14.5 Å². The summed E-state index contributed by atoms with van der Waals surface area (Å²) >= 11 is 0. The lowest BCUT2D eigenvalue weighted by molar-refractivity contribution is 0.0634. The van der Waals surface area contributed by atoms with E-state index >= 15 is 0 Å². The number of nitrogens with zero attached hydrogens (tertiary/aromatic N) is 3. The molecule has 0 unspecified atom stereocenters. The van der Waals surface area contributed by atoms with Crippen molar-refractivity contribution in [3.63, 3.8) is 0 Å². The fourth-order valence-corrected chi connectivity index (χ4v) is 5.06. The number of methoxy groups -OCH3 is 1. The van der Waals surface area contributed by atoms with Gasteiger partial charge in [0.25, 0.3) is 5.91 Å². The molecule has 4 aromatic rings. The van der Waals surface area contributed by atoms with E-state index in [1.54, 1.807) is 7.11 Å². The van der Waals surface area contributed by atoms with Crippen LogP contribution in [0.3, 0.4) is 0 Å². The van der Waals surface area contributed by atoms with Crippen LogP contribution in [-0.2, 0) is 11.3 Å². The molecule has 0 fully saturated rings. The molecule has 1 aromatic heterocycles. The quantitative estimate of drug-likeness (QED) is 0.257. The number of anilines is 1. The lowest BCUT2D eigenvalue weighted by Gasteiger charge is -2.28. The molecule has 0 saturated heterocycles. The largest absolute Gasteiger partial charge is 0.497 e. The van der Waals surface area contributed by atoms with Crippen molar-refractivity contribution in [3.8, 4) is 11.4 Å². The number of aromatic nitrogens is 2. The summed E-state index contributed by atoms with van der Waals surface area (Å²) in [5.41, 5.74) is 6.14. The lowest BCUT2D eigenvalue weighted by atomic mass is 9.98. The standard InChI is InChI=1S/C33H40N4O4/c1-20(2)36(31(38)30-22(4)16-21(3)17-23(30)5)19-29-35-27-18-24(34-32(39)41-33(6,7)8)10-15-28(27)37(29)25-11-13-26(40-9)14-12-25/h10-18,20H,19H2,1-9H3,(H,34,39). The highest BCUT2D eigenvalue weighted by Crippen LogP contribution is 2.28. The molecule has 0 spiro atoms. The molecule has 41 heavy (non-hydrogen) atoms. The highest BCUT2D eigenvalue weighted by Gasteiger charge is 2.26. The van der Waals surface area contributed by atoms with Gasteiger partial charge >= 0.3 is 6.09 Å². The van der Waals surface area contributed by atoms with Crippen molar-refractivity contribution >= 4 is 28.7 Å². The molecular formula is C33H40N4O4. The molecule has 0 saturated carbocycles. The monoisotopic (exact) mass is 556 g/mol. The molecule has 1 N–H and O–H groups in total. The third-order valence-corrected chi connectivity index (χ3v) is 6.79. The zero-order valence-corrected chi connectivity index (χ0v) is 25.5. The van der Waals surface area contributed by atoms with Gasteiger partial charge in [0.05, 0.1) is 24.7 Å². The minimum Gasteiger partial charge on any atom is -0.497 e. The molecule has 0 aliphatic heterocycles. The Balaban J connectivity index is 1.79. The third-order valence-electron chi connectivity index (χ3n) is 6.79. The van der Waals surface area contributed by atoms with Crippen LogP contribution in [0.1, 0.15) is 67.5 Å². The summed E-state index contributed by atoms with van der Waals surface area (Å²) in [7, 11) is 1.63. The lowest BCUT2D eigenvalue weighted by Crippen LogP contribution is -2.38. The number of nitrogens with one attached hydrogen (secondary N) is 1. The summed E-state index contributed by atoms with van der Waals surface area (Å²) in [5.74, 6) is 1.41. The number of benzene rings is 3. The topological polar surface area (TPSA) is 85.7 Å².